The number of carbonyl (C=O) groups excluding carboxylic acids is 1. The van der Waals surface area contributed by atoms with Crippen LogP contribution in [-0.2, 0) is 6.54 Å². The molecule has 2 heteroatoms. The summed E-state index contributed by atoms with van der Waals surface area (Å²) < 4.78 is 0. The van der Waals surface area contributed by atoms with Gasteiger partial charge in [0, 0.05) is 12.1 Å². The highest BCUT2D eigenvalue weighted by atomic mass is 16.1. The van der Waals surface area contributed by atoms with Crippen molar-refractivity contribution >= 4 is 12.0 Å². The first-order valence-electron chi connectivity index (χ1n) is 7.38. The van der Waals surface area contributed by atoms with E-state index in [-0.39, 0.29) is 5.91 Å². The molecule has 0 spiro atoms. The van der Waals surface area contributed by atoms with E-state index >= 15 is 0 Å². The van der Waals surface area contributed by atoms with E-state index < -0.39 is 0 Å². The second-order valence-electron chi connectivity index (χ2n) is 4.98. The normalized spacial score (nSPS) is 10.7. The third-order valence-corrected chi connectivity index (χ3v) is 3.23. The van der Waals surface area contributed by atoms with Crippen LogP contribution in [0.3, 0.4) is 0 Å². The molecule has 0 unspecified atom stereocenters. The molecule has 2 aromatic rings. The zero-order valence-electron chi connectivity index (χ0n) is 12.4. The quantitative estimate of drug-likeness (QED) is 0.832. The molecule has 0 saturated carbocycles. The van der Waals surface area contributed by atoms with Crippen LogP contribution in [0.15, 0.2) is 60.7 Å². The maximum Gasteiger partial charge on any atom is 0.251 e. The number of rotatable bonds is 6. The van der Waals surface area contributed by atoms with Crippen LogP contribution in [0.4, 0.5) is 0 Å². The van der Waals surface area contributed by atoms with Gasteiger partial charge < -0.3 is 5.32 Å². The molecular weight excluding hydrogens is 258 g/mol. The first-order chi connectivity index (χ1) is 10.3. The molecule has 1 amide bonds. The van der Waals surface area contributed by atoms with Crippen molar-refractivity contribution in [1.82, 2.24) is 5.32 Å². The van der Waals surface area contributed by atoms with Crippen molar-refractivity contribution in [3.8, 4) is 0 Å². The fourth-order valence-electron chi connectivity index (χ4n) is 2.01. The van der Waals surface area contributed by atoms with E-state index in [1.165, 1.54) is 0 Å². The van der Waals surface area contributed by atoms with Crippen LogP contribution in [0.2, 0.25) is 0 Å². The third kappa shape index (κ3) is 4.92. The molecule has 0 aliphatic heterocycles. The van der Waals surface area contributed by atoms with E-state index in [1.54, 1.807) is 0 Å². The molecule has 0 saturated heterocycles. The van der Waals surface area contributed by atoms with Gasteiger partial charge in [-0.3, -0.25) is 4.79 Å². The lowest BCUT2D eigenvalue weighted by Crippen LogP contribution is -2.22. The van der Waals surface area contributed by atoms with E-state index in [9.17, 15) is 4.79 Å². The lowest BCUT2D eigenvalue weighted by atomic mass is 10.1. The summed E-state index contributed by atoms with van der Waals surface area (Å²) in [6.45, 7) is 2.71. The smallest absolute Gasteiger partial charge is 0.251 e. The molecule has 2 rings (SSSR count). The number of hydrogen-bond donors (Lipinski definition) is 1. The lowest BCUT2D eigenvalue weighted by Gasteiger charge is -2.05. The van der Waals surface area contributed by atoms with Crippen molar-refractivity contribution in [2.75, 3.05) is 0 Å². The molecule has 0 fully saturated rings. The Morgan fingerprint density at radius 2 is 1.76 bits per heavy atom. The van der Waals surface area contributed by atoms with Gasteiger partial charge in [0.2, 0.25) is 0 Å². The van der Waals surface area contributed by atoms with Crippen molar-refractivity contribution < 1.29 is 4.79 Å². The molecule has 0 bridgehead atoms. The van der Waals surface area contributed by atoms with Crippen LogP contribution in [0.1, 0.15) is 41.3 Å². The number of nitrogens with one attached hydrogen (secondary N) is 1. The van der Waals surface area contributed by atoms with Crippen LogP contribution < -0.4 is 5.32 Å². The molecule has 1 N–H and O–H groups in total. The van der Waals surface area contributed by atoms with Crippen molar-refractivity contribution in [2.45, 2.75) is 26.3 Å². The van der Waals surface area contributed by atoms with Crippen LogP contribution in [0.5, 0.6) is 0 Å². The summed E-state index contributed by atoms with van der Waals surface area (Å²) >= 11 is 0. The van der Waals surface area contributed by atoms with Crippen LogP contribution >= 0.6 is 0 Å². The van der Waals surface area contributed by atoms with Gasteiger partial charge in [-0.25, -0.2) is 0 Å². The zero-order valence-corrected chi connectivity index (χ0v) is 12.4. The Hall–Kier alpha value is -2.35. The van der Waals surface area contributed by atoms with Gasteiger partial charge in [-0.15, -0.1) is 0 Å². The monoisotopic (exact) mass is 279 g/mol. The number of amides is 1. The largest absolute Gasteiger partial charge is 0.348 e. The van der Waals surface area contributed by atoms with Crippen molar-refractivity contribution in [3.63, 3.8) is 0 Å². The minimum atomic E-state index is -0.0389. The molecule has 0 aliphatic rings. The van der Waals surface area contributed by atoms with Crippen molar-refractivity contribution in [1.29, 1.82) is 0 Å². The van der Waals surface area contributed by atoms with Crippen molar-refractivity contribution in [3.05, 3.63) is 77.4 Å². The molecule has 0 aliphatic carbocycles. The summed E-state index contributed by atoms with van der Waals surface area (Å²) in [6.07, 6.45) is 6.48. The predicted octanol–water partition coefficient (Wildman–Crippen LogP) is 4.43. The van der Waals surface area contributed by atoms with Crippen molar-refractivity contribution in [2.24, 2.45) is 0 Å². The van der Waals surface area contributed by atoms with Gasteiger partial charge in [0.15, 0.2) is 0 Å². The SMILES string of the molecule is CCCC=Cc1ccc(C(=O)NCc2ccccc2)cc1. The standard InChI is InChI=1S/C19H21NO/c1-2-3-5-8-16-11-13-18(14-12-16)19(21)20-15-17-9-6-4-7-10-17/h4-14H,2-3,15H2,1H3,(H,20,21). The Kier molecular flexibility index (Phi) is 5.77. The van der Waals surface area contributed by atoms with Gasteiger partial charge in [-0.2, -0.15) is 0 Å². The van der Waals surface area contributed by atoms with Crippen LogP contribution in [0, 0.1) is 0 Å². The minimum Gasteiger partial charge on any atom is -0.348 e. The fraction of sp³-hybridized carbons (Fsp3) is 0.211. The van der Waals surface area contributed by atoms with Gasteiger partial charge in [0.25, 0.3) is 5.91 Å². The molecule has 21 heavy (non-hydrogen) atoms. The second-order valence-corrected chi connectivity index (χ2v) is 4.98. The Morgan fingerprint density at radius 3 is 2.43 bits per heavy atom. The van der Waals surface area contributed by atoms with E-state index in [0.29, 0.717) is 12.1 Å². The summed E-state index contributed by atoms with van der Waals surface area (Å²) in [5.41, 5.74) is 2.92. The summed E-state index contributed by atoms with van der Waals surface area (Å²) in [5.74, 6) is -0.0389. The van der Waals surface area contributed by atoms with E-state index in [1.807, 2.05) is 54.6 Å². The maximum absolute atomic E-state index is 12.1. The average Bonchev–Trinajstić information content (AvgIpc) is 2.54. The first kappa shape index (κ1) is 15.0. The van der Waals surface area contributed by atoms with Gasteiger partial charge in [0.1, 0.15) is 0 Å². The molecule has 0 radical (unpaired) electrons. The van der Waals surface area contributed by atoms with E-state index in [2.05, 4.69) is 24.4 Å². The van der Waals surface area contributed by atoms with E-state index in [0.717, 1.165) is 24.0 Å². The number of unbranched alkanes of at least 4 members (excludes halogenated alkanes) is 1. The number of carbonyl (C=O) groups is 1. The third-order valence-electron chi connectivity index (χ3n) is 3.23. The van der Waals surface area contributed by atoms with Gasteiger partial charge in [-0.1, -0.05) is 68.0 Å². The highest BCUT2D eigenvalue weighted by molar-refractivity contribution is 5.94. The summed E-state index contributed by atoms with van der Waals surface area (Å²) in [6, 6.07) is 17.6. The number of hydrogen-bond acceptors (Lipinski definition) is 1. The molecule has 0 aromatic heterocycles. The Bertz CT molecular complexity index is 585. The topological polar surface area (TPSA) is 29.1 Å². The molecule has 0 heterocycles. The summed E-state index contributed by atoms with van der Waals surface area (Å²) in [5, 5.41) is 2.93. The maximum atomic E-state index is 12.1. The Morgan fingerprint density at radius 1 is 1.05 bits per heavy atom. The number of benzene rings is 2. The lowest BCUT2D eigenvalue weighted by molar-refractivity contribution is 0.0951. The first-order valence-corrected chi connectivity index (χ1v) is 7.38. The molecule has 108 valence electrons. The zero-order chi connectivity index (χ0) is 14.9. The van der Waals surface area contributed by atoms with Gasteiger partial charge in [-0.05, 0) is 29.7 Å². The minimum absolute atomic E-state index is 0.0389. The molecular formula is C19H21NO. The highest BCUT2D eigenvalue weighted by Crippen LogP contribution is 2.08. The van der Waals surface area contributed by atoms with Gasteiger partial charge >= 0.3 is 0 Å². The van der Waals surface area contributed by atoms with Crippen LogP contribution in [-0.4, -0.2) is 5.91 Å². The molecule has 2 aromatic carbocycles. The summed E-state index contributed by atoms with van der Waals surface area (Å²) in [7, 11) is 0. The predicted molar refractivity (Wildman–Crippen MR) is 88.0 cm³/mol. The average molecular weight is 279 g/mol. The Balaban J connectivity index is 1.90. The van der Waals surface area contributed by atoms with E-state index in [4.69, 9.17) is 0 Å². The van der Waals surface area contributed by atoms with Crippen LogP contribution in [0.25, 0.3) is 6.08 Å². The fourth-order valence-corrected chi connectivity index (χ4v) is 2.01. The molecule has 0 atom stereocenters. The molecule has 2 nitrogen and oxygen atoms in total. The van der Waals surface area contributed by atoms with Gasteiger partial charge in [0.05, 0.1) is 0 Å². The highest BCUT2D eigenvalue weighted by Gasteiger charge is 2.04. The second kappa shape index (κ2) is 8.05. The Labute approximate surface area is 126 Å². The number of allylic oxidation sites excluding steroid dienone is 1. The summed E-state index contributed by atoms with van der Waals surface area (Å²) in [4.78, 5) is 12.1.